The van der Waals surface area contributed by atoms with Gasteiger partial charge in [0, 0.05) is 55.6 Å². The molecule has 2 aliphatic rings. The van der Waals surface area contributed by atoms with Crippen LogP contribution in [0.15, 0.2) is 48.5 Å². The molecule has 4 amide bonds. The number of likely N-dealkylation sites (tertiary alicyclic amines) is 1. The molecule has 0 atom stereocenters. The van der Waals surface area contributed by atoms with Gasteiger partial charge in [-0.25, -0.2) is 4.79 Å². The topological polar surface area (TPSA) is 108 Å². The Bertz CT molecular complexity index is 993. The molecule has 0 spiro atoms. The van der Waals surface area contributed by atoms with Gasteiger partial charge in [-0.15, -0.1) is 0 Å². The second-order valence-electron chi connectivity index (χ2n) is 8.70. The zero-order valence-corrected chi connectivity index (χ0v) is 18.8. The normalized spacial score (nSPS) is 16.5. The van der Waals surface area contributed by atoms with Crippen LogP contribution in [-0.4, -0.2) is 55.0 Å². The molecule has 2 fully saturated rings. The smallest absolute Gasteiger partial charge is 0.315 e. The van der Waals surface area contributed by atoms with Crippen molar-refractivity contribution in [1.82, 2.24) is 15.5 Å². The summed E-state index contributed by atoms with van der Waals surface area (Å²) in [4.78, 5) is 40.6. The first-order valence-electron chi connectivity index (χ1n) is 11.6. The zero-order chi connectivity index (χ0) is 23.2. The van der Waals surface area contributed by atoms with Gasteiger partial charge in [0.2, 0.25) is 5.91 Å². The van der Waals surface area contributed by atoms with Crippen molar-refractivity contribution in [2.45, 2.75) is 38.3 Å². The summed E-state index contributed by atoms with van der Waals surface area (Å²) in [5, 5.41) is 5.83. The number of piperidine rings is 1. The van der Waals surface area contributed by atoms with Gasteiger partial charge in [-0.1, -0.05) is 18.2 Å². The number of anilines is 1. The van der Waals surface area contributed by atoms with Crippen LogP contribution in [0, 0.1) is 0 Å². The van der Waals surface area contributed by atoms with E-state index < -0.39 is 5.91 Å². The quantitative estimate of drug-likeness (QED) is 0.630. The Morgan fingerprint density at radius 2 is 1.61 bits per heavy atom. The number of primary amides is 1. The van der Waals surface area contributed by atoms with E-state index >= 15 is 0 Å². The van der Waals surface area contributed by atoms with Crippen LogP contribution in [0.2, 0.25) is 0 Å². The number of amides is 4. The van der Waals surface area contributed by atoms with Gasteiger partial charge >= 0.3 is 6.03 Å². The molecule has 4 N–H and O–H groups in total. The Balaban J connectivity index is 1.22. The van der Waals surface area contributed by atoms with E-state index in [0.717, 1.165) is 42.7 Å². The van der Waals surface area contributed by atoms with E-state index in [0.29, 0.717) is 25.2 Å². The molecule has 0 aliphatic carbocycles. The van der Waals surface area contributed by atoms with Gasteiger partial charge in [-0.2, -0.15) is 0 Å². The minimum Gasteiger partial charge on any atom is -0.372 e. The highest BCUT2D eigenvalue weighted by molar-refractivity contribution is 5.95. The fourth-order valence-electron chi connectivity index (χ4n) is 4.43. The summed E-state index contributed by atoms with van der Waals surface area (Å²) in [6.45, 7) is 3.69. The van der Waals surface area contributed by atoms with Gasteiger partial charge in [-0.3, -0.25) is 9.59 Å². The van der Waals surface area contributed by atoms with Crippen LogP contribution in [0.5, 0.6) is 0 Å². The second-order valence-corrected chi connectivity index (χ2v) is 8.70. The fourth-order valence-corrected chi connectivity index (χ4v) is 4.43. The van der Waals surface area contributed by atoms with Crippen molar-refractivity contribution >= 4 is 23.5 Å². The maximum absolute atomic E-state index is 13.0. The summed E-state index contributed by atoms with van der Waals surface area (Å²) >= 11 is 0. The van der Waals surface area contributed by atoms with E-state index in [4.69, 9.17) is 5.73 Å². The van der Waals surface area contributed by atoms with Crippen LogP contribution in [0.25, 0.3) is 0 Å². The molecule has 2 heterocycles. The number of carbonyl (C=O) groups excluding carboxylic acids is 3. The Morgan fingerprint density at radius 1 is 0.909 bits per heavy atom. The number of urea groups is 1. The Morgan fingerprint density at radius 3 is 2.27 bits per heavy atom. The van der Waals surface area contributed by atoms with Crippen molar-refractivity contribution in [2.75, 3.05) is 31.1 Å². The molecule has 0 saturated carbocycles. The molecule has 8 nitrogen and oxygen atoms in total. The highest BCUT2D eigenvalue weighted by Crippen LogP contribution is 2.22. The minimum atomic E-state index is -0.476. The van der Waals surface area contributed by atoms with E-state index in [-0.39, 0.29) is 18.0 Å². The van der Waals surface area contributed by atoms with E-state index in [2.05, 4.69) is 21.6 Å². The molecule has 2 saturated heterocycles. The van der Waals surface area contributed by atoms with Crippen LogP contribution >= 0.6 is 0 Å². The van der Waals surface area contributed by atoms with E-state index in [9.17, 15) is 14.4 Å². The molecular formula is C25H31N5O3. The first kappa shape index (κ1) is 22.6. The summed E-state index contributed by atoms with van der Waals surface area (Å²) in [5.74, 6) is -0.422. The van der Waals surface area contributed by atoms with Crippen LogP contribution in [0.4, 0.5) is 10.5 Å². The van der Waals surface area contributed by atoms with E-state index in [1.54, 1.807) is 24.3 Å². The number of rotatable bonds is 6. The number of benzene rings is 2. The van der Waals surface area contributed by atoms with Gasteiger partial charge in [0.1, 0.15) is 0 Å². The van der Waals surface area contributed by atoms with Gasteiger partial charge in [0.25, 0.3) is 5.91 Å². The largest absolute Gasteiger partial charge is 0.372 e. The summed E-state index contributed by atoms with van der Waals surface area (Å²) < 4.78 is 0. The summed E-state index contributed by atoms with van der Waals surface area (Å²) in [7, 11) is 0. The SMILES string of the molecule is NC(=O)c1ccc(CNC(=O)NC2CCN(C(=O)c3cccc(N4CCCC4)c3)CC2)cc1. The molecule has 4 rings (SSSR count). The Hall–Kier alpha value is -3.55. The first-order valence-corrected chi connectivity index (χ1v) is 11.6. The van der Waals surface area contributed by atoms with Gasteiger partial charge < -0.3 is 26.2 Å². The number of hydrogen-bond donors (Lipinski definition) is 3. The molecular weight excluding hydrogens is 418 g/mol. The van der Waals surface area contributed by atoms with Gasteiger partial charge in [0.05, 0.1) is 0 Å². The molecule has 0 radical (unpaired) electrons. The highest BCUT2D eigenvalue weighted by atomic mass is 16.2. The third-order valence-electron chi connectivity index (χ3n) is 6.37. The van der Waals surface area contributed by atoms with Crippen molar-refractivity contribution in [1.29, 1.82) is 0 Å². The lowest BCUT2D eigenvalue weighted by Gasteiger charge is -2.32. The number of hydrogen-bond acceptors (Lipinski definition) is 4. The average Bonchev–Trinajstić information content (AvgIpc) is 3.38. The van der Waals surface area contributed by atoms with Crippen LogP contribution in [-0.2, 0) is 6.54 Å². The fraction of sp³-hybridized carbons (Fsp3) is 0.400. The van der Waals surface area contributed by atoms with Crippen molar-refractivity contribution in [3.05, 3.63) is 65.2 Å². The second kappa shape index (κ2) is 10.4. The molecule has 8 heteroatoms. The lowest BCUT2D eigenvalue weighted by molar-refractivity contribution is 0.0708. The third kappa shape index (κ3) is 5.83. The van der Waals surface area contributed by atoms with Crippen LogP contribution in [0.3, 0.4) is 0 Å². The lowest BCUT2D eigenvalue weighted by Crippen LogP contribution is -2.49. The third-order valence-corrected chi connectivity index (χ3v) is 6.37. The first-order chi connectivity index (χ1) is 16.0. The number of nitrogens with zero attached hydrogens (tertiary/aromatic N) is 2. The maximum atomic E-state index is 13.0. The molecule has 174 valence electrons. The minimum absolute atomic E-state index is 0.0298. The molecule has 0 aromatic heterocycles. The maximum Gasteiger partial charge on any atom is 0.315 e. The zero-order valence-electron chi connectivity index (χ0n) is 18.8. The van der Waals surface area contributed by atoms with Crippen LogP contribution in [0.1, 0.15) is 52.0 Å². The van der Waals surface area contributed by atoms with Gasteiger partial charge in [0.15, 0.2) is 0 Å². The van der Waals surface area contributed by atoms with Crippen molar-refractivity contribution in [2.24, 2.45) is 5.73 Å². The predicted molar refractivity (Wildman–Crippen MR) is 127 cm³/mol. The van der Waals surface area contributed by atoms with Gasteiger partial charge in [-0.05, 0) is 61.6 Å². The number of nitrogens with one attached hydrogen (secondary N) is 2. The van der Waals surface area contributed by atoms with Crippen molar-refractivity contribution < 1.29 is 14.4 Å². The standard InChI is InChI=1S/C25H31N5O3/c26-23(31)19-8-6-18(7-9-19)17-27-25(33)28-21-10-14-30(15-11-21)24(32)20-4-3-5-22(16-20)29-12-1-2-13-29/h3-9,16,21H,1-2,10-15,17H2,(H2,26,31)(H2,27,28,33). The highest BCUT2D eigenvalue weighted by Gasteiger charge is 2.25. The Labute approximate surface area is 194 Å². The lowest BCUT2D eigenvalue weighted by atomic mass is 10.0. The average molecular weight is 450 g/mol. The van der Waals surface area contributed by atoms with Crippen molar-refractivity contribution in [3.8, 4) is 0 Å². The van der Waals surface area contributed by atoms with E-state index in [1.807, 2.05) is 23.1 Å². The molecule has 2 aliphatic heterocycles. The van der Waals surface area contributed by atoms with E-state index in [1.165, 1.54) is 12.8 Å². The molecule has 33 heavy (non-hydrogen) atoms. The monoisotopic (exact) mass is 449 g/mol. The molecule has 0 bridgehead atoms. The number of carbonyl (C=O) groups is 3. The molecule has 2 aromatic rings. The summed E-state index contributed by atoms with van der Waals surface area (Å²) in [6.07, 6.45) is 3.85. The number of nitrogens with two attached hydrogens (primary N) is 1. The summed E-state index contributed by atoms with van der Waals surface area (Å²) in [5.41, 5.74) is 8.41. The molecule has 2 aromatic carbocycles. The summed E-state index contributed by atoms with van der Waals surface area (Å²) in [6, 6.07) is 14.5. The van der Waals surface area contributed by atoms with Crippen LogP contribution < -0.4 is 21.3 Å². The Kier molecular flexibility index (Phi) is 7.12. The predicted octanol–water partition coefficient (Wildman–Crippen LogP) is 2.49. The van der Waals surface area contributed by atoms with Crippen molar-refractivity contribution in [3.63, 3.8) is 0 Å². The molecule has 0 unspecified atom stereocenters.